The average Bonchev–Trinajstić information content (AvgIpc) is 2.35. The maximum atomic E-state index is 11.1. The summed E-state index contributed by atoms with van der Waals surface area (Å²) in [5, 5.41) is 13.2. The summed E-state index contributed by atoms with van der Waals surface area (Å²) in [6, 6.07) is 8.88. The van der Waals surface area contributed by atoms with Crippen LogP contribution in [0.15, 0.2) is 30.3 Å². The number of ether oxygens (including phenoxy) is 1. The first kappa shape index (κ1) is 15.1. The van der Waals surface area contributed by atoms with Crippen molar-refractivity contribution in [1.29, 1.82) is 0 Å². The summed E-state index contributed by atoms with van der Waals surface area (Å²) in [4.78, 5) is 21.3. The van der Waals surface area contributed by atoms with Crippen LogP contribution in [0.3, 0.4) is 0 Å². The fourth-order valence-corrected chi connectivity index (χ4v) is 1.91. The first-order valence-corrected chi connectivity index (χ1v) is 5.98. The van der Waals surface area contributed by atoms with E-state index in [2.05, 4.69) is 5.32 Å². The van der Waals surface area contributed by atoms with Crippen LogP contribution in [0.2, 0.25) is 0 Å². The molecule has 1 aromatic carbocycles. The Labute approximate surface area is 111 Å². The van der Waals surface area contributed by atoms with E-state index in [9.17, 15) is 14.9 Å². The quantitative estimate of drug-likeness (QED) is 0.590. The highest BCUT2D eigenvalue weighted by atomic mass is 16.6. The molecule has 1 aromatic rings. The largest absolute Gasteiger partial charge is 0.379 e. The van der Waals surface area contributed by atoms with Gasteiger partial charge in [-0.1, -0.05) is 30.3 Å². The molecule has 0 aliphatic rings. The molecule has 0 aromatic heterocycles. The number of carbonyl (C=O) groups is 1. The van der Waals surface area contributed by atoms with E-state index in [1.165, 1.54) is 14.0 Å². The minimum Gasteiger partial charge on any atom is -0.379 e. The zero-order chi connectivity index (χ0) is 14.3. The summed E-state index contributed by atoms with van der Waals surface area (Å²) in [6.07, 6.45) is 0.0764. The molecule has 6 nitrogen and oxygen atoms in total. The van der Waals surface area contributed by atoms with E-state index in [1.807, 2.05) is 30.3 Å². The number of carbonyl (C=O) groups excluding carboxylic acids is 1. The number of nitrogens with zero attached hydrogens (tertiary/aromatic N) is 1. The van der Waals surface area contributed by atoms with E-state index in [0.717, 1.165) is 5.56 Å². The fraction of sp³-hybridized carbons (Fsp3) is 0.462. The number of nitrogens with one attached hydrogen (secondary N) is 1. The second kappa shape index (κ2) is 7.48. The third-order valence-corrected chi connectivity index (χ3v) is 2.77. The molecule has 0 spiro atoms. The molecule has 19 heavy (non-hydrogen) atoms. The highest BCUT2D eigenvalue weighted by Crippen LogP contribution is 2.09. The summed E-state index contributed by atoms with van der Waals surface area (Å²) < 4.78 is 5.30. The molecule has 104 valence electrons. The van der Waals surface area contributed by atoms with Crippen molar-refractivity contribution < 1.29 is 14.5 Å². The van der Waals surface area contributed by atoms with E-state index in [-0.39, 0.29) is 12.5 Å². The van der Waals surface area contributed by atoms with E-state index < -0.39 is 17.1 Å². The molecule has 0 saturated heterocycles. The first-order valence-electron chi connectivity index (χ1n) is 5.98. The summed E-state index contributed by atoms with van der Waals surface area (Å²) in [7, 11) is 1.49. The number of hydrogen-bond donors (Lipinski definition) is 1. The van der Waals surface area contributed by atoms with Crippen molar-refractivity contribution in [3.8, 4) is 0 Å². The fourth-order valence-electron chi connectivity index (χ4n) is 1.91. The van der Waals surface area contributed by atoms with Crippen molar-refractivity contribution in [1.82, 2.24) is 5.32 Å². The lowest BCUT2D eigenvalue weighted by molar-refractivity contribution is -0.485. The predicted octanol–water partition coefficient (Wildman–Crippen LogP) is 1.03. The molecule has 0 heterocycles. The minimum absolute atomic E-state index is 0.304. The number of amides is 1. The zero-order valence-electron chi connectivity index (χ0n) is 11.0. The lowest BCUT2D eigenvalue weighted by Crippen LogP contribution is -2.48. The molecule has 1 rings (SSSR count). The van der Waals surface area contributed by atoms with Crippen LogP contribution in [-0.4, -0.2) is 36.6 Å². The Morgan fingerprint density at radius 1 is 1.42 bits per heavy atom. The van der Waals surface area contributed by atoms with Gasteiger partial charge in [0, 0.05) is 25.4 Å². The Hall–Kier alpha value is -1.95. The Morgan fingerprint density at radius 3 is 2.53 bits per heavy atom. The molecular formula is C13H18N2O4. The lowest BCUT2D eigenvalue weighted by Gasteiger charge is -2.23. The second-order valence-electron chi connectivity index (χ2n) is 4.29. The van der Waals surface area contributed by atoms with Crippen LogP contribution in [-0.2, 0) is 16.0 Å². The third kappa shape index (κ3) is 5.48. The maximum absolute atomic E-state index is 11.1. The normalized spacial score (nSPS) is 13.6. The molecule has 0 fully saturated rings. The van der Waals surface area contributed by atoms with Crippen LogP contribution in [0, 0.1) is 10.1 Å². The Kier molecular flexibility index (Phi) is 5.95. The van der Waals surface area contributed by atoms with Gasteiger partial charge in [-0.05, 0) is 5.56 Å². The average molecular weight is 266 g/mol. The highest BCUT2D eigenvalue weighted by Gasteiger charge is 2.27. The lowest BCUT2D eigenvalue weighted by atomic mass is 10.0. The summed E-state index contributed by atoms with van der Waals surface area (Å²) in [5.41, 5.74) is 1.01. The van der Waals surface area contributed by atoms with E-state index >= 15 is 0 Å². The summed E-state index contributed by atoms with van der Waals surface area (Å²) in [6.45, 7) is 0.979. The van der Waals surface area contributed by atoms with Crippen LogP contribution in [0.1, 0.15) is 12.5 Å². The van der Waals surface area contributed by atoms with E-state index in [0.29, 0.717) is 6.42 Å². The maximum Gasteiger partial charge on any atom is 0.226 e. The number of hydrogen-bond acceptors (Lipinski definition) is 4. The summed E-state index contributed by atoms with van der Waals surface area (Å²) >= 11 is 0. The molecule has 0 unspecified atom stereocenters. The smallest absolute Gasteiger partial charge is 0.226 e. The van der Waals surface area contributed by atoms with Crippen molar-refractivity contribution >= 4 is 5.91 Å². The van der Waals surface area contributed by atoms with E-state index in [1.54, 1.807) is 0 Å². The molecule has 0 aliphatic carbocycles. The minimum atomic E-state index is -0.641. The van der Waals surface area contributed by atoms with Gasteiger partial charge >= 0.3 is 0 Å². The monoisotopic (exact) mass is 266 g/mol. The van der Waals surface area contributed by atoms with E-state index in [4.69, 9.17) is 4.74 Å². The molecule has 0 aliphatic heterocycles. The van der Waals surface area contributed by atoms with Gasteiger partial charge in [0.15, 0.2) is 0 Å². The molecule has 0 radical (unpaired) electrons. The molecule has 1 N–H and O–H groups in total. The SMILES string of the molecule is CO[C@H](Cc1ccccc1)[C@@H](C[N+](=O)[O-])NC(C)=O. The zero-order valence-corrected chi connectivity index (χ0v) is 11.0. The molecule has 6 heteroatoms. The molecule has 0 bridgehead atoms. The molecule has 0 saturated carbocycles. The summed E-state index contributed by atoms with van der Waals surface area (Å²) in [5.74, 6) is -0.304. The van der Waals surface area contributed by atoms with Crippen LogP contribution < -0.4 is 5.32 Å². The Morgan fingerprint density at radius 2 is 2.05 bits per heavy atom. The van der Waals surface area contributed by atoms with Crippen LogP contribution in [0.5, 0.6) is 0 Å². The van der Waals surface area contributed by atoms with Gasteiger partial charge in [0.2, 0.25) is 12.5 Å². The Bertz CT molecular complexity index is 406. The predicted molar refractivity (Wildman–Crippen MR) is 70.4 cm³/mol. The first-order chi connectivity index (χ1) is 9.02. The van der Waals surface area contributed by atoms with Crippen molar-refractivity contribution in [2.75, 3.05) is 13.7 Å². The topological polar surface area (TPSA) is 81.5 Å². The number of methoxy groups -OCH3 is 1. The van der Waals surface area contributed by atoms with Gasteiger partial charge in [-0.15, -0.1) is 0 Å². The molecule has 1 amide bonds. The van der Waals surface area contributed by atoms with Crippen LogP contribution >= 0.6 is 0 Å². The van der Waals surface area contributed by atoms with Gasteiger partial charge in [0.1, 0.15) is 6.04 Å². The third-order valence-electron chi connectivity index (χ3n) is 2.77. The molecule has 2 atom stereocenters. The number of nitro groups is 1. The van der Waals surface area contributed by atoms with Gasteiger partial charge in [0.05, 0.1) is 6.10 Å². The molecular weight excluding hydrogens is 248 g/mol. The van der Waals surface area contributed by atoms with Gasteiger partial charge < -0.3 is 10.1 Å². The van der Waals surface area contributed by atoms with Crippen LogP contribution in [0.25, 0.3) is 0 Å². The highest BCUT2D eigenvalue weighted by molar-refractivity contribution is 5.73. The van der Waals surface area contributed by atoms with Gasteiger partial charge in [0.25, 0.3) is 0 Å². The Balaban J connectivity index is 2.77. The van der Waals surface area contributed by atoms with Gasteiger partial charge in [-0.2, -0.15) is 0 Å². The second-order valence-corrected chi connectivity index (χ2v) is 4.29. The van der Waals surface area contributed by atoms with Crippen molar-refractivity contribution in [2.45, 2.75) is 25.5 Å². The van der Waals surface area contributed by atoms with Gasteiger partial charge in [-0.3, -0.25) is 14.9 Å². The van der Waals surface area contributed by atoms with Gasteiger partial charge in [-0.25, -0.2) is 0 Å². The van der Waals surface area contributed by atoms with Crippen molar-refractivity contribution in [3.05, 3.63) is 46.0 Å². The van der Waals surface area contributed by atoms with Crippen molar-refractivity contribution in [2.24, 2.45) is 0 Å². The number of benzene rings is 1. The number of rotatable bonds is 7. The van der Waals surface area contributed by atoms with Crippen LogP contribution in [0.4, 0.5) is 0 Å². The van der Waals surface area contributed by atoms with Crippen molar-refractivity contribution in [3.63, 3.8) is 0 Å². The standard InChI is InChI=1S/C13H18N2O4/c1-10(16)14-12(9-15(17)18)13(19-2)8-11-6-4-3-5-7-11/h3-7,12-13H,8-9H2,1-2H3,(H,14,16)/t12-,13-/m1/s1.